The first-order valence-corrected chi connectivity index (χ1v) is 5.33. The molecule has 0 saturated heterocycles. The first-order valence-electron chi connectivity index (χ1n) is 4.53. The van der Waals surface area contributed by atoms with Gasteiger partial charge in [-0.3, -0.25) is 0 Å². The molecule has 2 aromatic rings. The predicted octanol–water partition coefficient (Wildman–Crippen LogP) is 3.11. The van der Waals surface area contributed by atoms with Gasteiger partial charge in [0.15, 0.2) is 17.8 Å². The number of oxazole rings is 1. The lowest BCUT2D eigenvalue weighted by molar-refractivity contribution is 0.0691. The van der Waals surface area contributed by atoms with Gasteiger partial charge in [0.2, 0.25) is 0 Å². The molecule has 0 aliphatic heterocycles. The fourth-order valence-electron chi connectivity index (χ4n) is 1.44. The molecule has 0 aliphatic carbocycles. The molecule has 16 heavy (non-hydrogen) atoms. The second kappa shape index (κ2) is 4.09. The van der Waals surface area contributed by atoms with E-state index in [1.165, 1.54) is 0 Å². The second-order valence-electron chi connectivity index (χ2n) is 3.25. The molecule has 5 heteroatoms. The highest BCUT2D eigenvalue weighted by atomic mass is 79.9. The van der Waals surface area contributed by atoms with Crippen LogP contribution in [0.5, 0.6) is 0 Å². The second-order valence-corrected chi connectivity index (χ2v) is 4.10. The molecule has 1 heterocycles. The average molecular weight is 282 g/mol. The van der Waals surface area contributed by atoms with Gasteiger partial charge < -0.3 is 9.52 Å². The highest BCUT2D eigenvalue weighted by Gasteiger charge is 2.19. The molecule has 82 valence electrons. The molecule has 0 fully saturated rings. The van der Waals surface area contributed by atoms with Crippen molar-refractivity contribution in [1.82, 2.24) is 4.98 Å². The quantitative estimate of drug-likeness (QED) is 0.919. The van der Waals surface area contributed by atoms with Gasteiger partial charge in [0, 0.05) is 10.0 Å². The van der Waals surface area contributed by atoms with Crippen LogP contribution in [0.2, 0.25) is 0 Å². The van der Waals surface area contributed by atoms with Gasteiger partial charge in [-0.2, -0.15) is 0 Å². The van der Waals surface area contributed by atoms with E-state index in [0.717, 1.165) is 22.0 Å². The molecule has 0 bridgehead atoms. The average Bonchev–Trinajstić information content (AvgIpc) is 2.70. The Kier molecular flexibility index (Phi) is 2.78. The smallest absolute Gasteiger partial charge is 0.358 e. The largest absolute Gasteiger partial charge is 0.476 e. The van der Waals surface area contributed by atoms with Crippen LogP contribution in [0.25, 0.3) is 11.3 Å². The molecule has 1 aromatic heterocycles. The molecule has 1 aromatic carbocycles. The Balaban J connectivity index is 2.63. The topological polar surface area (TPSA) is 63.3 Å². The van der Waals surface area contributed by atoms with E-state index in [4.69, 9.17) is 9.52 Å². The van der Waals surface area contributed by atoms with Crippen LogP contribution in [0.1, 0.15) is 16.1 Å². The first-order chi connectivity index (χ1) is 7.61. The molecule has 0 spiro atoms. The van der Waals surface area contributed by atoms with Gasteiger partial charge in [-0.15, -0.1) is 0 Å². The minimum absolute atomic E-state index is 0.0683. The molecule has 0 atom stereocenters. The monoisotopic (exact) mass is 281 g/mol. The minimum Gasteiger partial charge on any atom is -0.476 e. The van der Waals surface area contributed by atoms with Crippen LogP contribution in [0.3, 0.4) is 0 Å². The molecule has 4 nitrogen and oxygen atoms in total. The van der Waals surface area contributed by atoms with Crippen LogP contribution in [0, 0.1) is 6.92 Å². The minimum atomic E-state index is -1.09. The van der Waals surface area contributed by atoms with Gasteiger partial charge in [-0.1, -0.05) is 28.1 Å². The Hall–Kier alpha value is -1.62. The number of rotatable bonds is 2. The lowest BCUT2D eigenvalue weighted by Crippen LogP contribution is -1.99. The van der Waals surface area contributed by atoms with Crippen molar-refractivity contribution in [1.29, 1.82) is 0 Å². The SMILES string of the molecule is Cc1c(Br)cccc1-c1ocnc1C(=O)O. The third-order valence-electron chi connectivity index (χ3n) is 2.28. The van der Waals surface area contributed by atoms with Crippen LogP contribution >= 0.6 is 15.9 Å². The number of nitrogens with zero attached hydrogens (tertiary/aromatic N) is 1. The Labute approximate surface area is 100 Å². The molecule has 2 rings (SSSR count). The Morgan fingerprint density at radius 2 is 2.25 bits per heavy atom. The molecule has 1 N–H and O–H groups in total. The summed E-state index contributed by atoms with van der Waals surface area (Å²) in [4.78, 5) is 14.6. The summed E-state index contributed by atoms with van der Waals surface area (Å²) in [5, 5.41) is 8.94. The van der Waals surface area contributed by atoms with Crippen molar-refractivity contribution in [3.8, 4) is 11.3 Å². The lowest BCUT2D eigenvalue weighted by Gasteiger charge is -2.04. The third-order valence-corrected chi connectivity index (χ3v) is 3.14. The van der Waals surface area contributed by atoms with Crippen LogP contribution in [-0.2, 0) is 0 Å². The van der Waals surface area contributed by atoms with Crippen LogP contribution in [0.4, 0.5) is 0 Å². The van der Waals surface area contributed by atoms with Crippen LogP contribution in [-0.4, -0.2) is 16.1 Å². The molecule has 0 radical (unpaired) electrons. The van der Waals surface area contributed by atoms with Crippen molar-refractivity contribution >= 4 is 21.9 Å². The van der Waals surface area contributed by atoms with Crippen molar-refractivity contribution in [2.75, 3.05) is 0 Å². The number of hydrogen-bond donors (Lipinski definition) is 1. The Bertz CT molecular complexity index is 548. The summed E-state index contributed by atoms with van der Waals surface area (Å²) in [6, 6.07) is 5.50. The summed E-state index contributed by atoms with van der Waals surface area (Å²) < 4.78 is 6.04. The van der Waals surface area contributed by atoms with Crippen LogP contribution in [0.15, 0.2) is 33.5 Å². The zero-order chi connectivity index (χ0) is 11.7. The number of aromatic nitrogens is 1. The highest BCUT2D eigenvalue weighted by molar-refractivity contribution is 9.10. The normalized spacial score (nSPS) is 10.4. The maximum atomic E-state index is 10.9. The van der Waals surface area contributed by atoms with E-state index in [1.807, 2.05) is 19.1 Å². The van der Waals surface area contributed by atoms with Gasteiger partial charge >= 0.3 is 5.97 Å². The van der Waals surface area contributed by atoms with Gasteiger partial charge in [0.25, 0.3) is 0 Å². The van der Waals surface area contributed by atoms with Crippen molar-refractivity contribution in [2.45, 2.75) is 6.92 Å². The molecule has 0 unspecified atom stereocenters. The van der Waals surface area contributed by atoms with Gasteiger partial charge in [-0.05, 0) is 18.6 Å². The maximum absolute atomic E-state index is 10.9. The zero-order valence-corrected chi connectivity index (χ0v) is 9.98. The fraction of sp³-hybridized carbons (Fsp3) is 0.0909. The van der Waals surface area contributed by atoms with Crippen molar-refractivity contribution in [2.24, 2.45) is 0 Å². The van der Waals surface area contributed by atoms with Crippen molar-refractivity contribution < 1.29 is 14.3 Å². The van der Waals surface area contributed by atoms with E-state index in [0.29, 0.717) is 0 Å². The number of carboxylic acid groups (broad SMARTS) is 1. The van der Waals surface area contributed by atoms with Gasteiger partial charge in [0.05, 0.1) is 0 Å². The number of aromatic carboxylic acids is 1. The molecule has 0 amide bonds. The molecular weight excluding hydrogens is 274 g/mol. The van der Waals surface area contributed by atoms with Crippen molar-refractivity contribution in [3.05, 3.63) is 40.3 Å². The third kappa shape index (κ3) is 1.74. The summed E-state index contributed by atoms with van der Waals surface area (Å²) >= 11 is 3.38. The number of carbonyl (C=O) groups is 1. The lowest BCUT2D eigenvalue weighted by atomic mass is 10.1. The highest BCUT2D eigenvalue weighted by Crippen LogP contribution is 2.30. The Morgan fingerprint density at radius 3 is 2.94 bits per heavy atom. The summed E-state index contributed by atoms with van der Waals surface area (Å²) in [6.45, 7) is 1.88. The Morgan fingerprint density at radius 1 is 1.50 bits per heavy atom. The number of benzene rings is 1. The first kappa shape index (κ1) is 10.9. The van der Waals surface area contributed by atoms with Crippen molar-refractivity contribution in [3.63, 3.8) is 0 Å². The van der Waals surface area contributed by atoms with Crippen LogP contribution < -0.4 is 0 Å². The summed E-state index contributed by atoms with van der Waals surface area (Å²) in [5.41, 5.74) is 1.58. The standard InChI is InChI=1S/C11H8BrNO3/c1-6-7(3-2-4-8(6)12)10-9(11(14)15)13-5-16-10/h2-5H,1H3,(H,14,15). The van der Waals surface area contributed by atoms with E-state index < -0.39 is 5.97 Å². The molecule has 0 saturated carbocycles. The number of halogens is 1. The number of hydrogen-bond acceptors (Lipinski definition) is 3. The molecule has 0 aliphatic rings. The van der Waals surface area contributed by atoms with E-state index in [2.05, 4.69) is 20.9 Å². The van der Waals surface area contributed by atoms with E-state index >= 15 is 0 Å². The molecular formula is C11H8BrNO3. The van der Waals surface area contributed by atoms with E-state index in [9.17, 15) is 4.79 Å². The fourth-order valence-corrected chi connectivity index (χ4v) is 1.81. The van der Waals surface area contributed by atoms with E-state index in [-0.39, 0.29) is 11.5 Å². The zero-order valence-electron chi connectivity index (χ0n) is 8.40. The summed E-state index contributed by atoms with van der Waals surface area (Å²) in [7, 11) is 0. The summed E-state index contributed by atoms with van der Waals surface area (Å²) in [5.74, 6) is -0.811. The maximum Gasteiger partial charge on any atom is 0.358 e. The van der Waals surface area contributed by atoms with Gasteiger partial charge in [-0.25, -0.2) is 9.78 Å². The van der Waals surface area contributed by atoms with Gasteiger partial charge in [0.1, 0.15) is 0 Å². The predicted molar refractivity (Wildman–Crippen MR) is 61.3 cm³/mol. The summed E-state index contributed by atoms with van der Waals surface area (Å²) in [6.07, 6.45) is 1.14. The number of carboxylic acids is 1. The van der Waals surface area contributed by atoms with E-state index in [1.54, 1.807) is 6.07 Å².